The number of fused-ring (bicyclic) bond motifs is 5. The van der Waals surface area contributed by atoms with Gasteiger partial charge in [0.25, 0.3) is 0 Å². The van der Waals surface area contributed by atoms with E-state index in [0.717, 1.165) is 6.42 Å². The number of allylic oxidation sites excluding steroid dienone is 1. The van der Waals surface area contributed by atoms with Crippen LogP contribution in [0.4, 0.5) is 0 Å². The predicted molar refractivity (Wildman–Crippen MR) is 137 cm³/mol. The first kappa shape index (κ1) is 19.1. The molecule has 0 aliphatic carbocycles. The molecule has 0 heterocycles. The van der Waals surface area contributed by atoms with Crippen LogP contribution in [0.2, 0.25) is 0 Å². The van der Waals surface area contributed by atoms with Gasteiger partial charge in [-0.25, -0.2) is 0 Å². The number of hydrogen-bond donors (Lipinski definition) is 0. The van der Waals surface area contributed by atoms with E-state index in [-0.39, 0.29) is 0 Å². The third kappa shape index (κ3) is 3.81. The monoisotopic (exact) mass is 396 g/mol. The molecule has 0 aromatic heterocycles. The van der Waals surface area contributed by atoms with Gasteiger partial charge in [0.05, 0.1) is 0 Å². The molecule has 0 bridgehead atoms. The van der Waals surface area contributed by atoms with Crippen LogP contribution >= 0.6 is 0 Å². The first-order valence-corrected chi connectivity index (χ1v) is 10.7. The number of rotatable bonds is 2. The van der Waals surface area contributed by atoms with Gasteiger partial charge in [-0.15, -0.1) is 6.58 Å². The van der Waals surface area contributed by atoms with Crippen molar-refractivity contribution < 1.29 is 0 Å². The van der Waals surface area contributed by atoms with Crippen molar-refractivity contribution in [3.05, 3.63) is 133 Å². The van der Waals surface area contributed by atoms with E-state index in [2.05, 4.69) is 122 Å². The van der Waals surface area contributed by atoms with Gasteiger partial charge in [-0.3, -0.25) is 0 Å². The lowest BCUT2D eigenvalue weighted by Gasteiger charge is -2.06. The van der Waals surface area contributed by atoms with Gasteiger partial charge in [-0.1, -0.05) is 109 Å². The molecular formula is C31H24. The zero-order valence-corrected chi connectivity index (χ0v) is 17.5. The molecule has 0 spiro atoms. The summed E-state index contributed by atoms with van der Waals surface area (Å²) in [5, 5.41) is 10.6. The predicted octanol–water partition coefficient (Wildman–Crippen LogP) is 8.71. The third-order valence-electron chi connectivity index (χ3n) is 5.86. The highest BCUT2D eigenvalue weighted by Gasteiger charge is 2.01. The zero-order valence-electron chi connectivity index (χ0n) is 17.5. The van der Waals surface area contributed by atoms with Crippen LogP contribution in [0, 0.1) is 0 Å². The maximum atomic E-state index is 3.83. The van der Waals surface area contributed by atoms with Gasteiger partial charge in [-0.2, -0.15) is 0 Å². The van der Waals surface area contributed by atoms with Crippen molar-refractivity contribution in [1.82, 2.24) is 0 Å². The second kappa shape index (κ2) is 8.45. The van der Waals surface area contributed by atoms with Crippen LogP contribution in [0.5, 0.6) is 0 Å². The molecule has 0 saturated heterocycles. The lowest BCUT2D eigenvalue weighted by atomic mass is 9.98. The quantitative estimate of drug-likeness (QED) is 0.156. The molecule has 6 rings (SSSR count). The average molecular weight is 397 g/mol. The lowest BCUT2D eigenvalue weighted by molar-refractivity contribution is 1.31. The van der Waals surface area contributed by atoms with E-state index in [1.807, 2.05) is 6.08 Å². The first-order valence-electron chi connectivity index (χ1n) is 10.7. The van der Waals surface area contributed by atoms with Crippen LogP contribution in [0.3, 0.4) is 0 Å². The van der Waals surface area contributed by atoms with E-state index in [9.17, 15) is 0 Å². The van der Waals surface area contributed by atoms with Crippen molar-refractivity contribution >= 4 is 43.1 Å². The SMILES string of the molecule is C=CCc1cccc2cc3ccccc3cc12.c1ccc2c(c1)ccc1ccccc12. The highest BCUT2D eigenvalue weighted by atomic mass is 14.1. The summed E-state index contributed by atoms with van der Waals surface area (Å²) < 4.78 is 0. The molecule has 0 aliphatic rings. The lowest BCUT2D eigenvalue weighted by Crippen LogP contribution is -1.84. The summed E-state index contributed by atoms with van der Waals surface area (Å²) in [5.41, 5.74) is 1.35. The smallest absolute Gasteiger partial charge is 0.00940 e. The van der Waals surface area contributed by atoms with Gasteiger partial charge < -0.3 is 0 Å². The Labute approximate surface area is 183 Å². The minimum absolute atomic E-state index is 0.926. The molecule has 0 radical (unpaired) electrons. The number of hydrogen-bond acceptors (Lipinski definition) is 0. The molecule has 0 N–H and O–H groups in total. The van der Waals surface area contributed by atoms with Crippen molar-refractivity contribution in [1.29, 1.82) is 0 Å². The summed E-state index contributed by atoms with van der Waals surface area (Å²) in [7, 11) is 0. The maximum absolute atomic E-state index is 3.83. The van der Waals surface area contributed by atoms with E-state index in [4.69, 9.17) is 0 Å². The molecule has 0 atom stereocenters. The second-order valence-corrected chi connectivity index (χ2v) is 7.84. The Hall–Kier alpha value is -3.90. The fourth-order valence-corrected chi connectivity index (χ4v) is 4.32. The van der Waals surface area contributed by atoms with Crippen LogP contribution in [-0.4, -0.2) is 0 Å². The van der Waals surface area contributed by atoms with Crippen LogP contribution in [-0.2, 0) is 6.42 Å². The summed E-state index contributed by atoms with van der Waals surface area (Å²) in [6, 6.07) is 40.9. The van der Waals surface area contributed by atoms with Crippen LogP contribution in [0.25, 0.3) is 43.1 Å². The molecule has 0 aliphatic heterocycles. The Bertz CT molecular complexity index is 1470. The van der Waals surface area contributed by atoms with Gasteiger partial charge in [-0.05, 0) is 67.2 Å². The molecule has 148 valence electrons. The van der Waals surface area contributed by atoms with Crippen LogP contribution in [0.15, 0.2) is 128 Å². The van der Waals surface area contributed by atoms with Crippen molar-refractivity contribution in [2.75, 3.05) is 0 Å². The van der Waals surface area contributed by atoms with Gasteiger partial charge in [0.1, 0.15) is 0 Å². The minimum atomic E-state index is 0.926. The van der Waals surface area contributed by atoms with Gasteiger partial charge >= 0.3 is 0 Å². The Balaban J connectivity index is 0.000000134. The average Bonchev–Trinajstić information content (AvgIpc) is 2.84. The Morgan fingerprint density at radius 2 is 0.968 bits per heavy atom. The molecule has 0 nitrogen and oxygen atoms in total. The summed E-state index contributed by atoms with van der Waals surface area (Å²) in [6.45, 7) is 3.83. The van der Waals surface area contributed by atoms with Crippen molar-refractivity contribution in [3.63, 3.8) is 0 Å². The Kier molecular flexibility index (Phi) is 5.21. The molecule has 0 saturated carbocycles. The first-order chi connectivity index (χ1) is 15.3. The van der Waals surface area contributed by atoms with Crippen molar-refractivity contribution in [2.45, 2.75) is 6.42 Å². The standard InChI is InChI=1S/C17H14.C14H10/c1-2-6-13-9-5-10-16-11-14-7-3-4-8-15(14)12-17(13)16;1-3-7-13-11(5-1)9-10-12-6-2-4-8-14(12)13/h2-5,7-12H,1,6H2;1-10H. The minimum Gasteiger partial charge on any atom is -0.103 e. The van der Waals surface area contributed by atoms with Crippen LogP contribution in [0.1, 0.15) is 5.56 Å². The summed E-state index contributed by atoms with van der Waals surface area (Å²) in [6.07, 6.45) is 2.89. The molecule has 6 aromatic carbocycles. The van der Waals surface area contributed by atoms with E-state index in [1.165, 1.54) is 48.7 Å². The third-order valence-corrected chi connectivity index (χ3v) is 5.86. The Morgan fingerprint density at radius 1 is 0.452 bits per heavy atom. The van der Waals surface area contributed by atoms with Crippen molar-refractivity contribution in [2.24, 2.45) is 0 Å². The zero-order chi connectivity index (χ0) is 21.0. The number of benzene rings is 6. The van der Waals surface area contributed by atoms with E-state index in [0.29, 0.717) is 0 Å². The van der Waals surface area contributed by atoms with Gasteiger partial charge in [0.2, 0.25) is 0 Å². The highest BCUT2D eigenvalue weighted by Crippen LogP contribution is 2.26. The topological polar surface area (TPSA) is 0 Å². The second-order valence-electron chi connectivity index (χ2n) is 7.84. The van der Waals surface area contributed by atoms with E-state index >= 15 is 0 Å². The largest absolute Gasteiger partial charge is 0.103 e. The maximum Gasteiger partial charge on any atom is -0.00940 e. The van der Waals surface area contributed by atoms with E-state index < -0.39 is 0 Å². The summed E-state index contributed by atoms with van der Waals surface area (Å²) in [4.78, 5) is 0. The molecule has 0 heteroatoms. The normalized spacial score (nSPS) is 10.8. The molecule has 0 fully saturated rings. The highest BCUT2D eigenvalue weighted by molar-refractivity contribution is 6.07. The molecule has 0 amide bonds. The van der Waals surface area contributed by atoms with Gasteiger partial charge in [0.15, 0.2) is 0 Å². The fourth-order valence-electron chi connectivity index (χ4n) is 4.32. The van der Waals surface area contributed by atoms with Crippen LogP contribution < -0.4 is 0 Å². The summed E-state index contributed by atoms with van der Waals surface area (Å²) >= 11 is 0. The molecule has 0 unspecified atom stereocenters. The molecule has 6 aromatic rings. The van der Waals surface area contributed by atoms with Gasteiger partial charge in [0, 0.05) is 0 Å². The van der Waals surface area contributed by atoms with Crippen molar-refractivity contribution in [3.8, 4) is 0 Å². The fraction of sp³-hybridized carbons (Fsp3) is 0.0323. The Morgan fingerprint density at radius 3 is 1.58 bits per heavy atom. The molecular weight excluding hydrogens is 372 g/mol. The summed E-state index contributed by atoms with van der Waals surface area (Å²) in [5.74, 6) is 0. The van der Waals surface area contributed by atoms with E-state index in [1.54, 1.807) is 0 Å². The molecule has 31 heavy (non-hydrogen) atoms.